The van der Waals surface area contributed by atoms with Gasteiger partial charge in [0.05, 0.1) is 0 Å². The highest BCUT2D eigenvalue weighted by molar-refractivity contribution is 7.80. The third kappa shape index (κ3) is 4.55. The van der Waals surface area contributed by atoms with Gasteiger partial charge in [-0.1, -0.05) is 32.0 Å². The summed E-state index contributed by atoms with van der Waals surface area (Å²) >= 11 is 5.56. The molecule has 1 aliphatic rings. The molecule has 0 saturated carbocycles. The predicted octanol–water partition coefficient (Wildman–Crippen LogP) is 5.61. The Balaban J connectivity index is 1.65. The topological polar surface area (TPSA) is 27.3 Å². The van der Waals surface area contributed by atoms with Crippen molar-refractivity contribution in [2.45, 2.75) is 46.0 Å². The van der Waals surface area contributed by atoms with Crippen LogP contribution in [0.4, 0.5) is 17.1 Å². The van der Waals surface area contributed by atoms with Crippen LogP contribution in [0.3, 0.4) is 0 Å². The molecule has 1 aliphatic heterocycles. The second kappa shape index (κ2) is 9.04. The minimum atomic E-state index is 0.645. The van der Waals surface area contributed by atoms with Crippen molar-refractivity contribution in [3.63, 3.8) is 0 Å². The van der Waals surface area contributed by atoms with Crippen LogP contribution < -0.4 is 15.5 Å². The summed E-state index contributed by atoms with van der Waals surface area (Å²) in [7, 11) is 0. The van der Waals surface area contributed by atoms with Gasteiger partial charge >= 0.3 is 0 Å². The Morgan fingerprint density at radius 3 is 2.08 bits per heavy atom. The highest BCUT2D eigenvalue weighted by atomic mass is 32.1. The van der Waals surface area contributed by atoms with Gasteiger partial charge in [0.1, 0.15) is 0 Å². The third-order valence-electron chi connectivity index (χ3n) is 5.08. The van der Waals surface area contributed by atoms with E-state index < -0.39 is 0 Å². The summed E-state index contributed by atoms with van der Waals surface area (Å²) in [5.41, 5.74) is 6.08. The van der Waals surface area contributed by atoms with Crippen molar-refractivity contribution in [3.05, 3.63) is 53.6 Å². The molecule has 0 radical (unpaired) electrons. The maximum Gasteiger partial charge on any atom is 0.175 e. The number of hydrogen-bond donors (Lipinski definition) is 2. The molecule has 2 N–H and O–H groups in total. The summed E-state index contributed by atoms with van der Waals surface area (Å²) in [6, 6.07) is 15.1. The Bertz CT molecular complexity index is 711. The molecule has 2 aromatic rings. The van der Waals surface area contributed by atoms with E-state index in [0.29, 0.717) is 5.11 Å². The first kappa shape index (κ1) is 18.7. The zero-order valence-electron chi connectivity index (χ0n) is 15.8. The van der Waals surface area contributed by atoms with Gasteiger partial charge in [-0.2, -0.15) is 0 Å². The van der Waals surface area contributed by atoms with Crippen LogP contribution in [0, 0.1) is 0 Å². The molecular formula is C22H29N3S. The standard InChI is InChI=1S/C22H29N3S/c1-3-17-9-8-10-18(4-2)21(17)24-22(26)23-19-11-13-20(14-12-19)25-15-6-5-7-16-25/h8-14H,3-7,15-16H2,1-2H3,(H2,23,24,26). The second-order valence-electron chi connectivity index (χ2n) is 6.83. The van der Waals surface area contributed by atoms with Gasteiger partial charge in [-0.05, 0) is 79.7 Å². The molecule has 2 aromatic carbocycles. The second-order valence-corrected chi connectivity index (χ2v) is 7.24. The van der Waals surface area contributed by atoms with E-state index in [1.807, 2.05) is 0 Å². The SMILES string of the molecule is CCc1cccc(CC)c1NC(=S)Nc1ccc(N2CCCCC2)cc1. The van der Waals surface area contributed by atoms with Crippen LogP contribution in [0.25, 0.3) is 0 Å². The Hall–Kier alpha value is -2.07. The van der Waals surface area contributed by atoms with E-state index in [1.165, 1.54) is 49.2 Å². The third-order valence-corrected chi connectivity index (χ3v) is 5.29. The average Bonchev–Trinajstić information content (AvgIpc) is 2.69. The van der Waals surface area contributed by atoms with E-state index in [0.717, 1.165) is 24.2 Å². The molecule has 1 fully saturated rings. The Morgan fingerprint density at radius 2 is 1.50 bits per heavy atom. The van der Waals surface area contributed by atoms with Gasteiger partial charge in [0.25, 0.3) is 0 Å². The van der Waals surface area contributed by atoms with Crippen LogP contribution in [0.1, 0.15) is 44.2 Å². The number of thiocarbonyl (C=S) groups is 1. The smallest absolute Gasteiger partial charge is 0.175 e. The Morgan fingerprint density at radius 1 is 0.885 bits per heavy atom. The summed E-state index contributed by atoms with van der Waals surface area (Å²) in [5, 5.41) is 7.39. The minimum absolute atomic E-state index is 0.645. The fraction of sp³-hybridized carbons (Fsp3) is 0.409. The molecule has 0 aliphatic carbocycles. The number of hydrogen-bond acceptors (Lipinski definition) is 2. The lowest BCUT2D eigenvalue weighted by Gasteiger charge is -2.29. The molecule has 0 spiro atoms. The molecule has 1 heterocycles. The monoisotopic (exact) mass is 367 g/mol. The highest BCUT2D eigenvalue weighted by Crippen LogP contribution is 2.24. The van der Waals surface area contributed by atoms with Gasteiger partial charge in [-0.15, -0.1) is 0 Å². The van der Waals surface area contributed by atoms with Crippen LogP contribution in [0.15, 0.2) is 42.5 Å². The Kier molecular flexibility index (Phi) is 6.51. The molecule has 1 saturated heterocycles. The summed E-state index contributed by atoms with van der Waals surface area (Å²) in [4.78, 5) is 2.47. The van der Waals surface area contributed by atoms with Crippen molar-refractivity contribution in [2.75, 3.05) is 28.6 Å². The maximum absolute atomic E-state index is 5.56. The number of anilines is 3. The first-order valence-corrected chi connectivity index (χ1v) is 10.2. The summed E-state index contributed by atoms with van der Waals surface area (Å²) < 4.78 is 0. The molecule has 4 heteroatoms. The number of benzene rings is 2. The summed E-state index contributed by atoms with van der Waals surface area (Å²) in [6.07, 6.45) is 5.93. The Labute approximate surface area is 162 Å². The van der Waals surface area contributed by atoms with E-state index in [4.69, 9.17) is 12.2 Å². The predicted molar refractivity (Wildman–Crippen MR) is 118 cm³/mol. The average molecular weight is 368 g/mol. The zero-order chi connectivity index (χ0) is 18.4. The fourth-order valence-corrected chi connectivity index (χ4v) is 3.81. The number of rotatable bonds is 5. The van der Waals surface area contributed by atoms with E-state index in [-0.39, 0.29) is 0 Å². The van der Waals surface area contributed by atoms with Crippen molar-refractivity contribution in [3.8, 4) is 0 Å². The molecule has 0 bridgehead atoms. The van der Waals surface area contributed by atoms with Crippen molar-refractivity contribution in [1.29, 1.82) is 0 Å². The number of piperidine rings is 1. The lowest BCUT2D eigenvalue weighted by molar-refractivity contribution is 0.578. The van der Waals surface area contributed by atoms with Crippen LogP contribution in [-0.4, -0.2) is 18.2 Å². The lowest BCUT2D eigenvalue weighted by Crippen LogP contribution is -2.29. The van der Waals surface area contributed by atoms with Gasteiger partial charge in [-0.25, -0.2) is 0 Å². The summed E-state index contributed by atoms with van der Waals surface area (Å²) in [5.74, 6) is 0. The molecular weight excluding hydrogens is 338 g/mol. The first-order valence-electron chi connectivity index (χ1n) is 9.75. The van der Waals surface area contributed by atoms with Crippen LogP contribution in [0.5, 0.6) is 0 Å². The molecule has 0 aromatic heterocycles. The fourth-order valence-electron chi connectivity index (χ4n) is 3.59. The van der Waals surface area contributed by atoms with Crippen molar-refractivity contribution in [1.82, 2.24) is 0 Å². The van der Waals surface area contributed by atoms with Gasteiger partial charge in [-0.3, -0.25) is 0 Å². The van der Waals surface area contributed by atoms with Crippen molar-refractivity contribution in [2.24, 2.45) is 0 Å². The van der Waals surface area contributed by atoms with Crippen LogP contribution in [0.2, 0.25) is 0 Å². The summed E-state index contributed by atoms with van der Waals surface area (Å²) in [6.45, 7) is 6.69. The molecule has 0 unspecified atom stereocenters. The molecule has 3 nitrogen and oxygen atoms in total. The van der Waals surface area contributed by atoms with E-state index in [9.17, 15) is 0 Å². The molecule has 0 amide bonds. The molecule has 3 rings (SSSR count). The molecule has 0 atom stereocenters. The quantitative estimate of drug-likeness (QED) is 0.672. The van der Waals surface area contributed by atoms with Crippen LogP contribution >= 0.6 is 12.2 Å². The number of para-hydroxylation sites is 1. The highest BCUT2D eigenvalue weighted by Gasteiger charge is 2.11. The van der Waals surface area contributed by atoms with Crippen molar-refractivity contribution < 1.29 is 0 Å². The van der Waals surface area contributed by atoms with Crippen LogP contribution in [-0.2, 0) is 12.8 Å². The largest absolute Gasteiger partial charge is 0.372 e. The van der Waals surface area contributed by atoms with E-state index >= 15 is 0 Å². The maximum atomic E-state index is 5.56. The van der Waals surface area contributed by atoms with Gasteiger partial charge in [0.2, 0.25) is 0 Å². The van der Waals surface area contributed by atoms with E-state index in [1.54, 1.807) is 0 Å². The number of aryl methyl sites for hydroxylation is 2. The first-order chi connectivity index (χ1) is 12.7. The molecule has 138 valence electrons. The van der Waals surface area contributed by atoms with E-state index in [2.05, 4.69) is 71.8 Å². The van der Waals surface area contributed by atoms with Gasteiger partial charge < -0.3 is 15.5 Å². The number of nitrogens with one attached hydrogen (secondary N) is 2. The normalized spacial score (nSPS) is 14.2. The van der Waals surface area contributed by atoms with Crippen molar-refractivity contribution >= 4 is 34.4 Å². The van der Waals surface area contributed by atoms with Gasteiger partial charge in [0.15, 0.2) is 5.11 Å². The lowest BCUT2D eigenvalue weighted by atomic mass is 10.0. The zero-order valence-corrected chi connectivity index (χ0v) is 16.7. The molecule has 26 heavy (non-hydrogen) atoms. The minimum Gasteiger partial charge on any atom is -0.372 e. The van der Waals surface area contributed by atoms with Gasteiger partial charge in [0, 0.05) is 30.2 Å². The number of nitrogens with zero attached hydrogens (tertiary/aromatic N) is 1.